The van der Waals surface area contributed by atoms with Gasteiger partial charge in [0, 0.05) is 11.5 Å². The first-order valence-electron chi connectivity index (χ1n) is 4.52. The van der Waals surface area contributed by atoms with Crippen LogP contribution in [0.5, 0.6) is 0 Å². The maximum atomic E-state index is 12.9. The van der Waals surface area contributed by atoms with Crippen LogP contribution in [0.3, 0.4) is 0 Å². The second kappa shape index (κ2) is 3.77. The number of aromatic amines is 1. The minimum absolute atomic E-state index is 0.254. The highest BCUT2D eigenvalue weighted by molar-refractivity contribution is 5.94. The summed E-state index contributed by atoms with van der Waals surface area (Å²) in [7, 11) is 1.25. The van der Waals surface area contributed by atoms with Gasteiger partial charge >= 0.3 is 5.97 Å². The van der Waals surface area contributed by atoms with E-state index in [1.807, 2.05) is 0 Å². The molecular weight excluding hydrogens is 213 g/mol. The summed E-state index contributed by atoms with van der Waals surface area (Å²) in [5.74, 6) is -1.24. The molecule has 1 heterocycles. The zero-order valence-corrected chi connectivity index (χ0v) is 8.41. The van der Waals surface area contributed by atoms with Crippen molar-refractivity contribution in [2.75, 3.05) is 7.11 Å². The van der Waals surface area contributed by atoms with Gasteiger partial charge in [-0.2, -0.15) is 4.39 Å². The van der Waals surface area contributed by atoms with E-state index in [0.29, 0.717) is 5.52 Å². The van der Waals surface area contributed by atoms with Gasteiger partial charge < -0.3 is 9.72 Å². The van der Waals surface area contributed by atoms with Gasteiger partial charge in [-0.25, -0.2) is 4.79 Å². The summed E-state index contributed by atoms with van der Waals surface area (Å²) in [6.45, 7) is 0. The highest BCUT2D eigenvalue weighted by Gasteiger charge is 2.08. The number of nitrogens with one attached hydrogen (secondary N) is 1. The van der Waals surface area contributed by atoms with Gasteiger partial charge in [-0.1, -0.05) is 0 Å². The van der Waals surface area contributed by atoms with Crippen molar-refractivity contribution in [2.45, 2.75) is 0 Å². The Balaban J connectivity index is 2.71. The molecule has 0 aliphatic rings. The lowest BCUT2D eigenvalue weighted by molar-refractivity contribution is 0.0601. The number of hydrogen-bond acceptors (Lipinski definition) is 3. The third-order valence-corrected chi connectivity index (χ3v) is 2.22. The van der Waals surface area contributed by atoms with Crippen molar-refractivity contribution in [3.8, 4) is 0 Å². The molecule has 1 aromatic carbocycles. The number of hydrogen-bond donors (Lipinski definition) is 1. The van der Waals surface area contributed by atoms with E-state index < -0.39 is 17.3 Å². The molecule has 0 saturated heterocycles. The number of ether oxygens (including phenoxy) is 1. The number of fused-ring (bicyclic) bond motifs is 1. The number of pyridine rings is 1. The molecule has 0 radical (unpaired) electrons. The number of esters is 1. The van der Waals surface area contributed by atoms with Gasteiger partial charge in [0.05, 0.1) is 18.2 Å². The summed E-state index contributed by atoms with van der Waals surface area (Å²) in [4.78, 5) is 25.1. The molecule has 0 aliphatic heterocycles. The van der Waals surface area contributed by atoms with Crippen molar-refractivity contribution in [3.63, 3.8) is 0 Å². The van der Waals surface area contributed by atoms with Crippen LogP contribution in [-0.4, -0.2) is 18.1 Å². The lowest BCUT2D eigenvalue weighted by Gasteiger charge is -2.01. The monoisotopic (exact) mass is 221 g/mol. The number of halogens is 1. The number of carbonyl (C=O) groups is 1. The van der Waals surface area contributed by atoms with Crippen LogP contribution < -0.4 is 5.43 Å². The molecule has 0 amide bonds. The maximum Gasteiger partial charge on any atom is 0.337 e. The fourth-order valence-corrected chi connectivity index (χ4v) is 1.46. The molecule has 0 aliphatic carbocycles. The molecule has 82 valence electrons. The molecule has 2 rings (SSSR count). The van der Waals surface area contributed by atoms with Gasteiger partial charge in [-0.15, -0.1) is 0 Å². The normalized spacial score (nSPS) is 10.4. The molecular formula is C11H8FNO3. The highest BCUT2D eigenvalue weighted by atomic mass is 19.1. The Morgan fingerprint density at radius 2 is 2.12 bits per heavy atom. The molecule has 2 aromatic rings. The fourth-order valence-electron chi connectivity index (χ4n) is 1.46. The maximum absolute atomic E-state index is 12.9. The Kier molecular flexibility index (Phi) is 2.44. The van der Waals surface area contributed by atoms with E-state index in [-0.39, 0.29) is 10.9 Å². The van der Waals surface area contributed by atoms with Crippen LogP contribution in [0.1, 0.15) is 10.4 Å². The van der Waals surface area contributed by atoms with Gasteiger partial charge in [0.1, 0.15) is 0 Å². The number of aromatic nitrogens is 1. The van der Waals surface area contributed by atoms with Crippen LogP contribution in [0.2, 0.25) is 0 Å². The van der Waals surface area contributed by atoms with Crippen LogP contribution in [0, 0.1) is 5.95 Å². The number of carbonyl (C=O) groups excluding carboxylic acids is 1. The zero-order chi connectivity index (χ0) is 11.7. The number of H-pyrrole nitrogens is 1. The molecule has 0 fully saturated rings. The van der Waals surface area contributed by atoms with Crippen LogP contribution in [0.4, 0.5) is 4.39 Å². The first kappa shape index (κ1) is 10.4. The number of methoxy groups -OCH3 is 1. The molecule has 0 unspecified atom stereocenters. The molecule has 0 atom stereocenters. The van der Waals surface area contributed by atoms with E-state index in [0.717, 1.165) is 6.07 Å². The second-order valence-corrected chi connectivity index (χ2v) is 3.23. The predicted molar refractivity (Wildman–Crippen MR) is 55.9 cm³/mol. The average Bonchev–Trinajstić information content (AvgIpc) is 2.27. The molecule has 5 heteroatoms. The van der Waals surface area contributed by atoms with Crippen LogP contribution >= 0.6 is 0 Å². The summed E-state index contributed by atoms with van der Waals surface area (Å²) in [6.07, 6.45) is 0. The van der Waals surface area contributed by atoms with Gasteiger partial charge in [-0.3, -0.25) is 4.79 Å². The van der Waals surface area contributed by atoms with Gasteiger partial charge in [0.25, 0.3) is 0 Å². The topological polar surface area (TPSA) is 59.2 Å². The summed E-state index contributed by atoms with van der Waals surface area (Å²) in [6, 6.07) is 5.14. The lowest BCUT2D eigenvalue weighted by atomic mass is 10.1. The molecule has 1 N–H and O–H groups in total. The van der Waals surface area contributed by atoms with Crippen LogP contribution in [-0.2, 0) is 4.74 Å². The Hall–Kier alpha value is -2.17. The summed E-state index contributed by atoms with van der Waals surface area (Å²) >= 11 is 0. The van der Waals surface area contributed by atoms with E-state index in [1.165, 1.54) is 25.3 Å². The van der Waals surface area contributed by atoms with Crippen molar-refractivity contribution in [2.24, 2.45) is 0 Å². The summed E-state index contributed by atoms with van der Waals surface area (Å²) in [5, 5.41) is 0.254. The molecule has 0 bridgehead atoms. The molecule has 4 nitrogen and oxygen atoms in total. The van der Waals surface area contributed by atoms with Crippen molar-refractivity contribution in [1.82, 2.24) is 4.98 Å². The fraction of sp³-hybridized carbons (Fsp3) is 0.0909. The van der Waals surface area contributed by atoms with E-state index in [4.69, 9.17) is 0 Å². The molecule has 16 heavy (non-hydrogen) atoms. The van der Waals surface area contributed by atoms with Gasteiger partial charge in [0.2, 0.25) is 0 Å². The smallest absolute Gasteiger partial charge is 0.337 e. The third-order valence-electron chi connectivity index (χ3n) is 2.22. The third kappa shape index (κ3) is 1.67. The van der Waals surface area contributed by atoms with Crippen molar-refractivity contribution < 1.29 is 13.9 Å². The van der Waals surface area contributed by atoms with Gasteiger partial charge in [-0.05, 0) is 18.2 Å². The lowest BCUT2D eigenvalue weighted by Crippen LogP contribution is -2.06. The van der Waals surface area contributed by atoms with Crippen molar-refractivity contribution in [1.29, 1.82) is 0 Å². The van der Waals surface area contributed by atoms with Gasteiger partial charge in [0.15, 0.2) is 11.4 Å². The standard InChI is InChI=1S/C11H8FNO3/c1-16-11(15)6-2-3-8-7(4-6)9(14)5-10(12)13-8/h2-5H,1H3,(H,13,14). The van der Waals surface area contributed by atoms with Crippen LogP contribution in [0.25, 0.3) is 10.9 Å². The van der Waals surface area contributed by atoms with E-state index >= 15 is 0 Å². The average molecular weight is 221 g/mol. The first-order chi connectivity index (χ1) is 7.61. The molecule has 0 saturated carbocycles. The van der Waals surface area contributed by atoms with E-state index in [9.17, 15) is 14.0 Å². The second-order valence-electron chi connectivity index (χ2n) is 3.23. The Morgan fingerprint density at radius 1 is 1.38 bits per heavy atom. The van der Waals surface area contributed by atoms with Crippen LogP contribution in [0.15, 0.2) is 29.1 Å². The molecule has 0 spiro atoms. The largest absolute Gasteiger partial charge is 0.465 e. The Morgan fingerprint density at radius 3 is 2.81 bits per heavy atom. The minimum atomic E-state index is -0.705. The first-order valence-corrected chi connectivity index (χ1v) is 4.52. The number of rotatable bonds is 1. The summed E-state index contributed by atoms with van der Waals surface area (Å²) < 4.78 is 17.4. The predicted octanol–water partition coefficient (Wildman–Crippen LogP) is 1.45. The quantitative estimate of drug-likeness (QED) is 0.585. The number of benzene rings is 1. The van der Waals surface area contributed by atoms with E-state index in [1.54, 1.807) is 0 Å². The van der Waals surface area contributed by atoms with Crippen molar-refractivity contribution in [3.05, 3.63) is 46.0 Å². The summed E-state index contributed by atoms with van der Waals surface area (Å²) in [5.41, 5.74) is 0.127. The SMILES string of the molecule is COC(=O)c1ccc2[nH]c(F)cc(=O)c2c1. The van der Waals surface area contributed by atoms with Crippen molar-refractivity contribution >= 4 is 16.9 Å². The highest BCUT2D eigenvalue weighted by Crippen LogP contribution is 2.11. The molecule has 1 aromatic heterocycles. The minimum Gasteiger partial charge on any atom is -0.465 e. The zero-order valence-electron chi connectivity index (χ0n) is 8.41. The van der Waals surface area contributed by atoms with E-state index in [2.05, 4.69) is 9.72 Å². The Labute approximate surface area is 89.7 Å². The Bertz CT molecular complexity index is 618.